The van der Waals surface area contributed by atoms with E-state index >= 15 is 4.39 Å². The van der Waals surface area contributed by atoms with E-state index in [0.717, 1.165) is 42.6 Å². The van der Waals surface area contributed by atoms with Crippen LogP contribution in [0.4, 0.5) is 32.3 Å². The number of rotatable bonds is 9. The molecule has 1 aliphatic rings. The Hall–Kier alpha value is -4.70. The van der Waals surface area contributed by atoms with E-state index in [9.17, 15) is 4.79 Å². The second kappa shape index (κ2) is 13.7. The lowest BCUT2D eigenvalue weighted by atomic mass is 10.00. The van der Waals surface area contributed by atoms with Gasteiger partial charge in [0.05, 0.1) is 19.4 Å². The van der Waals surface area contributed by atoms with Crippen LogP contribution in [0.15, 0.2) is 66.9 Å². The van der Waals surface area contributed by atoms with Crippen molar-refractivity contribution in [2.75, 3.05) is 44.1 Å². The molecule has 1 saturated heterocycles. The summed E-state index contributed by atoms with van der Waals surface area (Å²) in [6, 6.07) is 17.4. The van der Waals surface area contributed by atoms with Crippen LogP contribution < -0.4 is 24.4 Å². The molecule has 1 atom stereocenters. The molecule has 0 aliphatic carbocycles. The first-order valence-electron chi connectivity index (χ1n) is 14.7. The molecule has 44 heavy (non-hydrogen) atoms. The molecule has 0 spiro atoms. The third-order valence-corrected chi connectivity index (χ3v) is 7.61. The molecule has 0 saturated carbocycles. The Morgan fingerprint density at radius 3 is 2.59 bits per heavy atom. The summed E-state index contributed by atoms with van der Waals surface area (Å²) in [6.45, 7) is 8.18. The number of nitrogens with zero attached hydrogens (tertiary/aromatic N) is 4. The fourth-order valence-electron chi connectivity index (χ4n) is 5.35. The highest BCUT2D eigenvalue weighted by Crippen LogP contribution is 2.36. The minimum absolute atomic E-state index is 0.164. The van der Waals surface area contributed by atoms with Gasteiger partial charge < -0.3 is 24.4 Å². The largest absolute Gasteiger partial charge is 0.495 e. The maximum Gasteiger partial charge on any atom is 0.425 e. The van der Waals surface area contributed by atoms with Gasteiger partial charge in [0.15, 0.2) is 11.6 Å². The van der Waals surface area contributed by atoms with Gasteiger partial charge in [-0.15, -0.1) is 0 Å². The molecule has 10 heteroatoms. The fraction of sp³-hybridized carbons (Fsp3) is 0.324. The SMILES string of the molecule is COc1cc(C)ccc1N(C(=O)Oc1c(C)cccc1C)c1ccnc(Nc2ccc(OCC3CCCN(C)C3)c(F)c2)n1. The van der Waals surface area contributed by atoms with Gasteiger partial charge >= 0.3 is 6.09 Å². The maximum absolute atomic E-state index is 15.0. The number of hydrogen-bond donors (Lipinski definition) is 1. The van der Waals surface area contributed by atoms with E-state index in [0.29, 0.717) is 35.4 Å². The van der Waals surface area contributed by atoms with Crippen molar-refractivity contribution in [2.24, 2.45) is 5.92 Å². The van der Waals surface area contributed by atoms with Crippen molar-refractivity contribution in [3.63, 3.8) is 0 Å². The number of nitrogens with one attached hydrogen (secondary N) is 1. The number of methoxy groups -OCH3 is 1. The van der Waals surface area contributed by atoms with Gasteiger partial charge in [0, 0.05) is 36.5 Å². The van der Waals surface area contributed by atoms with Crippen molar-refractivity contribution >= 4 is 29.2 Å². The number of carbonyl (C=O) groups is 1. The van der Waals surface area contributed by atoms with Crippen LogP contribution >= 0.6 is 0 Å². The highest BCUT2D eigenvalue weighted by Gasteiger charge is 2.27. The Balaban J connectivity index is 1.39. The van der Waals surface area contributed by atoms with Crippen molar-refractivity contribution in [3.8, 4) is 17.2 Å². The number of aromatic nitrogens is 2. The number of carbonyl (C=O) groups excluding carboxylic acids is 1. The van der Waals surface area contributed by atoms with Crippen LogP contribution in [0.5, 0.6) is 17.2 Å². The summed E-state index contributed by atoms with van der Waals surface area (Å²) in [5, 5.41) is 3.04. The van der Waals surface area contributed by atoms with Gasteiger partial charge in [0.25, 0.3) is 0 Å². The summed E-state index contributed by atoms with van der Waals surface area (Å²) in [5.74, 6) is 1.42. The average Bonchev–Trinajstić information content (AvgIpc) is 3.00. The quantitative estimate of drug-likeness (QED) is 0.214. The number of amides is 1. The zero-order valence-electron chi connectivity index (χ0n) is 25.8. The molecule has 1 amide bonds. The number of benzene rings is 3. The number of anilines is 4. The Kier molecular flexibility index (Phi) is 9.59. The number of likely N-dealkylation sites (tertiary alicyclic amines) is 1. The maximum atomic E-state index is 15.0. The summed E-state index contributed by atoms with van der Waals surface area (Å²) >= 11 is 0. The Morgan fingerprint density at radius 1 is 1.07 bits per heavy atom. The van der Waals surface area contributed by atoms with Gasteiger partial charge in [-0.1, -0.05) is 24.3 Å². The Bertz CT molecular complexity index is 1610. The summed E-state index contributed by atoms with van der Waals surface area (Å²) in [7, 11) is 3.63. The van der Waals surface area contributed by atoms with Crippen LogP contribution in [0.25, 0.3) is 0 Å². The molecule has 1 aliphatic heterocycles. The van der Waals surface area contributed by atoms with Crippen LogP contribution in [0.2, 0.25) is 0 Å². The monoisotopic (exact) mass is 599 g/mol. The molecule has 1 aromatic heterocycles. The molecule has 1 fully saturated rings. The van der Waals surface area contributed by atoms with Crippen molar-refractivity contribution in [1.82, 2.24) is 14.9 Å². The van der Waals surface area contributed by atoms with E-state index < -0.39 is 11.9 Å². The number of ether oxygens (including phenoxy) is 3. The lowest BCUT2D eigenvalue weighted by Crippen LogP contribution is -2.34. The highest BCUT2D eigenvalue weighted by molar-refractivity contribution is 5.98. The summed E-state index contributed by atoms with van der Waals surface area (Å²) in [4.78, 5) is 26.3. The zero-order chi connectivity index (χ0) is 31.2. The predicted octanol–water partition coefficient (Wildman–Crippen LogP) is 7.35. The first-order valence-corrected chi connectivity index (χ1v) is 14.7. The molecule has 0 bridgehead atoms. The topological polar surface area (TPSA) is 89.0 Å². The van der Waals surface area contributed by atoms with Crippen molar-refractivity contribution in [3.05, 3.63) is 89.4 Å². The van der Waals surface area contributed by atoms with Crippen molar-refractivity contribution in [2.45, 2.75) is 33.6 Å². The molecular weight excluding hydrogens is 561 g/mol. The number of piperidine rings is 1. The van der Waals surface area contributed by atoms with Crippen molar-refractivity contribution in [1.29, 1.82) is 0 Å². The van der Waals surface area contributed by atoms with Gasteiger partial charge in [-0.2, -0.15) is 4.98 Å². The average molecular weight is 600 g/mol. The van der Waals surface area contributed by atoms with E-state index in [1.807, 2.05) is 51.1 Å². The molecule has 3 aromatic carbocycles. The number of aryl methyl sites for hydroxylation is 3. The van der Waals surface area contributed by atoms with E-state index in [1.165, 1.54) is 24.3 Å². The molecule has 9 nitrogen and oxygen atoms in total. The number of hydrogen-bond acceptors (Lipinski definition) is 8. The van der Waals surface area contributed by atoms with Gasteiger partial charge in [-0.3, -0.25) is 0 Å². The summed E-state index contributed by atoms with van der Waals surface area (Å²) in [5.41, 5.74) is 3.47. The third-order valence-electron chi connectivity index (χ3n) is 7.61. The smallest absolute Gasteiger partial charge is 0.425 e. The number of para-hydroxylation sites is 1. The zero-order valence-corrected chi connectivity index (χ0v) is 25.8. The van der Waals surface area contributed by atoms with Gasteiger partial charge in [-0.25, -0.2) is 19.1 Å². The fourth-order valence-corrected chi connectivity index (χ4v) is 5.35. The van der Waals surface area contributed by atoms with Gasteiger partial charge in [0.1, 0.15) is 17.3 Å². The molecule has 1 unspecified atom stereocenters. The van der Waals surface area contributed by atoms with Gasteiger partial charge in [-0.05, 0) is 88.2 Å². The molecule has 230 valence electrons. The highest BCUT2D eigenvalue weighted by atomic mass is 19.1. The van der Waals surface area contributed by atoms with E-state index in [4.69, 9.17) is 14.2 Å². The lowest BCUT2D eigenvalue weighted by molar-refractivity contribution is 0.147. The third kappa shape index (κ3) is 7.26. The molecule has 2 heterocycles. The Labute approximate surface area is 257 Å². The van der Waals surface area contributed by atoms with E-state index in [2.05, 4.69) is 27.2 Å². The molecule has 1 N–H and O–H groups in total. The molecule has 4 aromatic rings. The minimum Gasteiger partial charge on any atom is -0.495 e. The summed E-state index contributed by atoms with van der Waals surface area (Å²) in [6.07, 6.45) is 3.03. The van der Waals surface area contributed by atoms with Crippen LogP contribution in [0, 0.1) is 32.5 Å². The van der Waals surface area contributed by atoms with Crippen LogP contribution in [-0.4, -0.2) is 54.8 Å². The number of halogens is 1. The van der Waals surface area contributed by atoms with Crippen molar-refractivity contribution < 1.29 is 23.4 Å². The second-order valence-corrected chi connectivity index (χ2v) is 11.2. The Morgan fingerprint density at radius 2 is 1.86 bits per heavy atom. The lowest BCUT2D eigenvalue weighted by Gasteiger charge is -2.29. The first kappa shape index (κ1) is 30.7. The standard InChI is InChI=1S/C34H38FN5O4/c1-22-11-13-28(30(18-22)42-5)40(34(41)44-32-23(2)8-6-9-24(32)3)31-15-16-36-33(38-31)37-26-12-14-29(27(35)19-26)43-21-25-10-7-17-39(4)20-25/h6,8-9,11-16,18-19,25H,7,10,17,20-21H2,1-5H3,(H,36,37,38). The molecule has 0 radical (unpaired) electrons. The minimum atomic E-state index is -0.675. The van der Waals surface area contributed by atoms with Crippen LogP contribution in [0.1, 0.15) is 29.5 Å². The predicted molar refractivity (Wildman–Crippen MR) is 169 cm³/mol. The van der Waals surface area contributed by atoms with E-state index in [-0.39, 0.29) is 17.5 Å². The molecular formula is C34H38FN5O4. The normalized spacial score (nSPS) is 15.0. The second-order valence-electron chi connectivity index (χ2n) is 11.2. The van der Waals surface area contributed by atoms with Crippen LogP contribution in [0.3, 0.4) is 0 Å². The van der Waals surface area contributed by atoms with Crippen LogP contribution in [-0.2, 0) is 0 Å². The first-order chi connectivity index (χ1) is 21.2. The van der Waals surface area contributed by atoms with Gasteiger partial charge in [0.2, 0.25) is 5.95 Å². The summed E-state index contributed by atoms with van der Waals surface area (Å²) < 4.78 is 32.4. The molecule has 5 rings (SSSR count). The van der Waals surface area contributed by atoms with E-state index in [1.54, 1.807) is 24.3 Å².